The van der Waals surface area contributed by atoms with Crippen LogP contribution in [0.25, 0.3) is 0 Å². The molecule has 2 aromatic rings. The molecule has 0 fully saturated rings. The first-order chi connectivity index (χ1) is 9.88. The summed E-state index contributed by atoms with van der Waals surface area (Å²) in [5.74, 6) is -1.25. The van der Waals surface area contributed by atoms with Crippen LogP contribution in [0.1, 0.15) is 10.4 Å². The predicted molar refractivity (Wildman–Crippen MR) is 85.3 cm³/mol. The fraction of sp³-hybridized carbons (Fsp3) is 0. The van der Waals surface area contributed by atoms with Gasteiger partial charge in [0.2, 0.25) is 0 Å². The van der Waals surface area contributed by atoms with Gasteiger partial charge in [0.25, 0.3) is 0 Å². The van der Waals surface area contributed by atoms with Crippen LogP contribution in [0.5, 0.6) is 0 Å². The van der Waals surface area contributed by atoms with Crippen LogP contribution in [0.4, 0.5) is 17.2 Å². The zero-order chi connectivity index (χ0) is 15.6. The quantitative estimate of drug-likeness (QED) is 0.445. The topological polar surface area (TPSA) is 105 Å². The lowest BCUT2D eigenvalue weighted by Gasteiger charge is -2.08. The first kappa shape index (κ1) is 15.4. The average Bonchev–Trinajstić information content (AvgIpc) is 2.41. The fourth-order valence-corrected chi connectivity index (χ4v) is 2.47. The Kier molecular flexibility index (Phi) is 4.58. The molecule has 1 heterocycles. The molecule has 21 heavy (non-hydrogen) atoms. The highest BCUT2D eigenvalue weighted by atomic mass is 127. The molecule has 0 bridgehead atoms. The molecule has 0 radical (unpaired) electrons. The molecule has 0 amide bonds. The van der Waals surface area contributed by atoms with Crippen LogP contribution in [-0.4, -0.2) is 21.0 Å². The number of anilines is 2. The summed E-state index contributed by atoms with van der Waals surface area (Å²) in [4.78, 5) is 24.8. The smallest absolute Gasteiger partial charge is 0.342 e. The van der Waals surface area contributed by atoms with Crippen LogP contribution in [0.15, 0.2) is 30.5 Å². The Morgan fingerprint density at radius 2 is 2.14 bits per heavy atom. The van der Waals surface area contributed by atoms with E-state index in [-0.39, 0.29) is 5.82 Å². The van der Waals surface area contributed by atoms with Crippen LogP contribution in [-0.2, 0) is 0 Å². The molecule has 2 rings (SSSR count). The van der Waals surface area contributed by atoms with Gasteiger partial charge >= 0.3 is 11.7 Å². The van der Waals surface area contributed by atoms with Crippen LogP contribution >= 0.6 is 34.2 Å². The number of hydrogen-bond acceptors (Lipinski definition) is 5. The number of rotatable bonds is 4. The van der Waals surface area contributed by atoms with Gasteiger partial charge in [-0.15, -0.1) is 0 Å². The van der Waals surface area contributed by atoms with E-state index in [4.69, 9.17) is 16.7 Å². The lowest BCUT2D eigenvalue weighted by Crippen LogP contribution is -2.05. The molecule has 0 spiro atoms. The molecule has 2 N–H and O–H groups in total. The van der Waals surface area contributed by atoms with Gasteiger partial charge < -0.3 is 10.4 Å². The van der Waals surface area contributed by atoms with Crippen molar-refractivity contribution in [2.45, 2.75) is 0 Å². The van der Waals surface area contributed by atoms with Gasteiger partial charge in [-0.1, -0.05) is 11.6 Å². The monoisotopic (exact) mass is 419 g/mol. The summed E-state index contributed by atoms with van der Waals surface area (Å²) in [5.41, 5.74) is -0.490. The lowest BCUT2D eigenvalue weighted by atomic mass is 10.2. The summed E-state index contributed by atoms with van der Waals surface area (Å²) in [6, 6.07) is 6.31. The molecule has 0 aliphatic heterocycles. The Balaban J connectivity index is 2.39. The number of halogens is 2. The minimum absolute atomic E-state index is 0.154. The highest BCUT2D eigenvalue weighted by Gasteiger charge is 2.21. The SMILES string of the molecule is O=C(O)c1cc(Nc2ccc(I)cc2Cl)ncc1[N+](=O)[O-]. The molecule has 1 aromatic heterocycles. The minimum atomic E-state index is -1.40. The van der Waals surface area contributed by atoms with Crippen molar-refractivity contribution in [2.75, 3.05) is 5.32 Å². The third kappa shape index (κ3) is 3.58. The molecule has 9 heteroatoms. The number of aromatic nitrogens is 1. The summed E-state index contributed by atoms with van der Waals surface area (Å²) in [7, 11) is 0. The van der Waals surface area contributed by atoms with E-state index < -0.39 is 22.1 Å². The Bertz CT molecular complexity index is 738. The van der Waals surface area contributed by atoms with Crippen molar-refractivity contribution in [3.8, 4) is 0 Å². The zero-order valence-corrected chi connectivity index (χ0v) is 13.1. The summed E-state index contributed by atoms with van der Waals surface area (Å²) in [6.07, 6.45) is 0.895. The van der Waals surface area contributed by atoms with Crippen LogP contribution in [0, 0.1) is 13.7 Å². The number of nitro groups is 1. The third-order valence-corrected chi connectivity index (χ3v) is 3.49. The second-order valence-corrected chi connectivity index (χ2v) is 5.55. The van der Waals surface area contributed by atoms with E-state index in [9.17, 15) is 14.9 Å². The Labute approximate surface area is 137 Å². The van der Waals surface area contributed by atoms with E-state index in [1.54, 1.807) is 18.2 Å². The normalized spacial score (nSPS) is 10.2. The number of benzene rings is 1. The van der Waals surface area contributed by atoms with Crippen molar-refractivity contribution in [2.24, 2.45) is 0 Å². The number of nitrogens with one attached hydrogen (secondary N) is 1. The van der Waals surface area contributed by atoms with Gasteiger partial charge in [0.1, 0.15) is 17.6 Å². The number of carboxylic acids is 1. The summed E-state index contributed by atoms with van der Waals surface area (Å²) >= 11 is 8.14. The summed E-state index contributed by atoms with van der Waals surface area (Å²) < 4.78 is 0.936. The maximum Gasteiger partial charge on any atom is 0.342 e. The van der Waals surface area contributed by atoms with Crippen molar-refractivity contribution in [3.63, 3.8) is 0 Å². The van der Waals surface area contributed by atoms with Crippen LogP contribution in [0.2, 0.25) is 5.02 Å². The van der Waals surface area contributed by atoms with Gasteiger partial charge in [-0.2, -0.15) is 0 Å². The number of carbonyl (C=O) groups is 1. The average molecular weight is 420 g/mol. The fourth-order valence-electron chi connectivity index (χ4n) is 1.56. The van der Waals surface area contributed by atoms with Crippen LogP contribution in [0.3, 0.4) is 0 Å². The summed E-state index contributed by atoms with van der Waals surface area (Å²) in [6.45, 7) is 0. The molecular weight excluding hydrogens is 413 g/mol. The largest absolute Gasteiger partial charge is 0.477 e. The van der Waals surface area contributed by atoms with Crippen LogP contribution < -0.4 is 5.32 Å². The lowest BCUT2D eigenvalue weighted by molar-refractivity contribution is -0.385. The second-order valence-electron chi connectivity index (χ2n) is 3.90. The molecule has 0 aliphatic rings. The van der Waals surface area contributed by atoms with E-state index in [0.29, 0.717) is 10.7 Å². The molecular formula is C12H7ClIN3O4. The van der Waals surface area contributed by atoms with E-state index in [0.717, 1.165) is 15.8 Å². The highest BCUT2D eigenvalue weighted by molar-refractivity contribution is 14.1. The standard InChI is InChI=1S/C12H7ClIN3O4/c13-8-3-6(14)1-2-9(8)16-11-4-7(12(18)19)10(5-15-11)17(20)21/h1-5H,(H,15,16)(H,18,19). The minimum Gasteiger partial charge on any atom is -0.477 e. The molecule has 108 valence electrons. The molecule has 0 atom stereocenters. The molecule has 0 saturated heterocycles. The number of carboxylic acid groups (broad SMARTS) is 1. The molecule has 0 aliphatic carbocycles. The van der Waals surface area contributed by atoms with Gasteiger partial charge in [0.15, 0.2) is 0 Å². The maximum atomic E-state index is 11.1. The molecule has 0 saturated carbocycles. The van der Waals surface area contributed by atoms with Gasteiger partial charge in [-0.25, -0.2) is 9.78 Å². The number of hydrogen-bond donors (Lipinski definition) is 2. The Morgan fingerprint density at radius 1 is 1.43 bits per heavy atom. The third-order valence-electron chi connectivity index (χ3n) is 2.50. The van der Waals surface area contributed by atoms with Crippen molar-refractivity contribution < 1.29 is 14.8 Å². The maximum absolute atomic E-state index is 11.1. The van der Waals surface area contributed by atoms with Crippen molar-refractivity contribution >= 4 is 57.4 Å². The van der Waals surface area contributed by atoms with Gasteiger partial charge in [-0.05, 0) is 40.8 Å². The Hall–Kier alpha value is -1.94. The van der Waals surface area contributed by atoms with Gasteiger partial charge in [0, 0.05) is 9.64 Å². The second kappa shape index (κ2) is 6.22. The number of pyridine rings is 1. The van der Waals surface area contributed by atoms with E-state index in [2.05, 4.69) is 32.9 Å². The summed E-state index contributed by atoms with van der Waals surface area (Å²) in [5, 5.41) is 23.0. The van der Waals surface area contributed by atoms with E-state index in [1.807, 2.05) is 0 Å². The number of aromatic carboxylic acids is 1. The van der Waals surface area contributed by atoms with E-state index >= 15 is 0 Å². The zero-order valence-electron chi connectivity index (χ0n) is 10.2. The van der Waals surface area contributed by atoms with Crippen molar-refractivity contribution in [1.82, 2.24) is 4.98 Å². The first-order valence-corrected chi connectivity index (χ1v) is 6.94. The Morgan fingerprint density at radius 3 is 2.71 bits per heavy atom. The highest BCUT2D eigenvalue weighted by Crippen LogP contribution is 2.28. The predicted octanol–water partition coefficient (Wildman–Crippen LogP) is 3.69. The number of nitrogens with zero attached hydrogens (tertiary/aromatic N) is 2. The molecule has 0 unspecified atom stereocenters. The van der Waals surface area contributed by atoms with Crippen molar-refractivity contribution in [3.05, 3.63) is 54.7 Å². The van der Waals surface area contributed by atoms with Gasteiger partial charge in [-0.3, -0.25) is 10.1 Å². The molecule has 1 aromatic carbocycles. The van der Waals surface area contributed by atoms with Crippen molar-refractivity contribution in [1.29, 1.82) is 0 Å². The van der Waals surface area contributed by atoms with Gasteiger partial charge in [0.05, 0.1) is 15.6 Å². The molecule has 7 nitrogen and oxygen atoms in total. The first-order valence-electron chi connectivity index (χ1n) is 5.48. The van der Waals surface area contributed by atoms with E-state index in [1.165, 1.54) is 0 Å².